The van der Waals surface area contributed by atoms with Crippen LogP contribution in [-0.4, -0.2) is 36.4 Å². The number of halogens is 2. The summed E-state index contributed by atoms with van der Waals surface area (Å²) in [6, 6.07) is 13.0. The topological polar surface area (TPSA) is 58.6 Å². The van der Waals surface area contributed by atoms with Gasteiger partial charge in [-0.2, -0.15) is 0 Å². The van der Waals surface area contributed by atoms with Crippen LogP contribution in [0.3, 0.4) is 0 Å². The molecule has 0 unspecified atom stereocenters. The van der Waals surface area contributed by atoms with Gasteiger partial charge < -0.3 is 15.0 Å². The maximum Gasteiger partial charge on any atom is 0.260 e. The minimum Gasteiger partial charge on any atom is -0.482 e. The van der Waals surface area contributed by atoms with E-state index in [2.05, 4.69) is 5.32 Å². The van der Waals surface area contributed by atoms with Crippen molar-refractivity contribution < 1.29 is 18.7 Å². The Bertz CT molecular complexity index is 816. The molecule has 1 atom stereocenters. The van der Waals surface area contributed by atoms with E-state index in [1.807, 2.05) is 30.3 Å². The van der Waals surface area contributed by atoms with Crippen molar-refractivity contribution in [2.45, 2.75) is 12.8 Å². The van der Waals surface area contributed by atoms with Gasteiger partial charge in [-0.15, -0.1) is 0 Å². The molecule has 0 bridgehead atoms. The Morgan fingerprint density at radius 2 is 2.00 bits per heavy atom. The smallest absolute Gasteiger partial charge is 0.260 e. The predicted molar refractivity (Wildman–Crippen MR) is 101 cm³/mol. The summed E-state index contributed by atoms with van der Waals surface area (Å²) in [5.41, 5.74) is 0.736. The average Bonchev–Trinajstić information content (AvgIpc) is 2.68. The number of ether oxygens (including phenoxy) is 1. The third kappa shape index (κ3) is 5.20. The first-order valence-corrected chi connectivity index (χ1v) is 9.12. The lowest BCUT2D eigenvalue weighted by molar-refractivity contribution is -0.136. The van der Waals surface area contributed by atoms with Crippen molar-refractivity contribution in [3.63, 3.8) is 0 Å². The van der Waals surface area contributed by atoms with Crippen LogP contribution in [0, 0.1) is 11.7 Å². The van der Waals surface area contributed by atoms with E-state index in [4.69, 9.17) is 16.3 Å². The van der Waals surface area contributed by atoms with E-state index in [-0.39, 0.29) is 35.1 Å². The Balaban J connectivity index is 1.53. The van der Waals surface area contributed by atoms with Gasteiger partial charge in [0.2, 0.25) is 5.91 Å². The molecule has 7 heteroatoms. The third-order valence-corrected chi connectivity index (χ3v) is 4.73. The number of carbonyl (C=O) groups is 2. The highest BCUT2D eigenvalue weighted by molar-refractivity contribution is 6.32. The number of carbonyl (C=O) groups excluding carboxylic acids is 2. The Hall–Kier alpha value is -2.60. The van der Waals surface area contributed by atoms with Crippen LogP contribution in [0.15, 0.2) is 48.5 Å². The highest BCUT2D eigenvalue weighted by Crippen LogP contribution is 2.25. The molecule has 2 aromatic rings. The Labute approximate surface area is 162 Å². The maximum absolute atomic E-state index is 13.1. The summed E-state index contributed by atoms with van der Waals surface area (Å²) in [6.07, 6.45) is 1.48. The van der Waals surface area contributed by atoms with E-state index in [0.29, 0.717) is 13.1 Å². The lowest BCUT2D eigenvalue weighted by Crippen LogP contribution is -2.45. The van der Waals surface area contributed by atoms with Gasteiger partial charge in [0.1, 0.15) is 11.6 Å². The summed E-state index contributed by atoms with van der Waals surface area (Å²) in [5, 5.41) is 2.99. The van der Waals surface area contributed by atoms with Gasteiger partial charge in [-0.1, -0.05) is 29.8 Å². The highest BCUT2D eigenvalue weighted by atomic mass is 35.5. The lowest BCUT2D eigenvalue weighted by Gasteiger charge is -2.32. The number of amides is 2. The van der Waals surface area contributed by atoms with Gasteiger partial charge in [0, 0.05) is 18.8 Å². The van der Waals surface area contributed by atoms with Crippen LogP contribution >= 0.6 is 11.6 Å². The molecular formula is C20H20ClFN2O3. The third-order valence-electron chi connectivity index (χ3n) is 4.43. The number of benzene rings is 2. The number of para-hydroxylation sites is 1. The summed E-state index contributed by atoms with van der Waals surface area (Å²) in [7, 11) is 0. The fraction of sp³-hybridized carbons (Fsp3) is 0.300. The quantitative estimate of drug-likeness (QED) is 0.846. The first kappa shape index (κ1) is 19.2. The molecule has 27 heavy (non-hydrogen) atoms. The molecule has 2 amide bonds. The monoisotopic (exact) mass is 390 g/mol. The number of nitrogens with one attached hydrogen (secondary N) is 1. The molecule has 3 rings (SSSR count). The van der Waals surface area contributed by atoms with Crippen LogP contribution in [0.25, 0.3) is 0 Å². The Morgan fingerprint density at radius 3 is 2.74 bits per heavy atom. The molecule has 1 saturated heterocycles. The largest absolute Gasteiger partial charge is 0.482 e. The number of piperidine rings is 1. The van der Waals surface area contributed by atoms with Crippen LogP contribution in [-0.2, 0) is 9.59 Å². The van der Waals surface area contributed by atoms with Crippen molar-refractivity contribution in [1.82, 2.24) is 4.90 Å². The number of hydrogen-bond donors (Lipinski definition) is 1. The second kappa shape index (κ2) is 8.86. The molecule has 1 fully saturated rings. The lowest BCUT2D eigenvalue weighted by atomic mass is 9.97. The molecule has 1 aliphatic rings. The van der Waals surface area contributed by atoms with E-state index in [1.54, 1.807) is 4.90 Å². The van der Waals surface area contributed by atoms with Gasteiger partial charge >= 0.3 is 0 Å². The number of hydrogen-bond acceptors (Lipinski definition) is 3. The number of rotatable bonds is 5. The summed E-state index contributed by atoms with van der Waals surface area (Å²) >= 11 is 5.90. The van der Waals surface area contributed by atoms with Crippen LogP contribution in [0.1, 0.15) is 12.8 Å². The average molecular weight is 391 g/mol. The molecule has 2 aromatic carbocycles. The highest BCUT2D eigenvalue weighted by Gasteiger charge is 2.28. The minimum absolute atomic E-state index is 0.0961. The van der Waals surface area contributed by atoms with Gasteiger partial charge in [-0.3, -0.25) is 9.59 Å². The molecule has 0 spiro atoms. The van der Waals surface area contributed by atoms with Gasteiger partial charge in [0.15, 0.2) is 6.61 Å². The standard InChI is InChI=1S/C20H20ClFN2O3/c21-17-11-15(22)8-9-18(17)27-13-19(25)24-10-4-5-14(12-24)20(26)23-16-6-2-1-3-7-16/h1-3,6-9,11,14H,4-5,10,12-13H2,(H,23,26)/t14-/m0/s1. The molecule has 1 aliphatic heterocycles. The van der Waals surface area contributed by atoms with E-state index in [9.17, 15) is 14.0 Å². The molecule has 0 aliphatic carbocycles. The zero-order valence-electron chi connectivity index (χ0n) is 14.7. The second-order valence-corrected chi connectivity index (χ2v) is 6.80. The van der Waals surface area contributed by atoms with Gasteiger partial charge in [-0.25, -0.2) is 4.39 Å². The van der Waals surface area contributed by atoms with Gasteiger partial charge in [0.25, 0.3) is 5.91 Å². The summed E-state index contributed by atoms with van der Waals surface area (Å²) in [6.45, 7) is 0.713. The van der Waals surface area contributed by atoms with Gasteiger partial charge in [0.05, 0.1) is 10.9 Å². The summed E-state index contributed by atoms with van der Waals surface area (Å²) in [5.74, 6) is -0.810. The predicted octanol–water partition coefficient (Wildman–Crippen LogP) is 3.74. The van der Waals surface area contributed by atoms with Crippen LogP contribution in [0.4, 0.5) is 10.1 Å². The number of anilines is 1. The zero-order valence-corrected chi connectivity index (χ0v) is 15.4. The maximum atomic E-state index is 13.1. The number of nitrogens with zero attached hydrogens (tertiary/aromatic N) is 1. The molecule has 0 radical (unpaired) electrons. The molecule has 142 valence electrons. The van der Waals surface area contributed by atoms with Crippen LogP contribution < -0.4 is 10.1 Å². The normalized spacial score (nSPS) is 16.7. The molecule has 5 nitrogen and oxygen atoms in total. The van der Waals surface area contributed by atoms with Gasteiger partial charge in [-0.05, 0) is 43.2 Å². The van der Waals surface area contributed by atoms with Crippen molar-refractivity contribution in [1.29, 1.82) is 0 Å². The van der Waals surface area contributed by atoms with Crippen molar-refractivity contribution in [2.24, 2.45) is 5.92 Å². The Morgan fingerprint density at radius 1 is 1.22 bits per heavy atom. The summed E-state index contributed by atoms with van der Waals surface area (Å²) < 4.78 is 18.5. The fourth-order valence-electron chi connectivity index (χ4n) is 3.01. The zero-order chi connectivity index (χ0) is 19.2. The number of likely N-dealkylation sites (tertiary alicyclic amines) is 1. The Kier molecular flexibility index (Phi) is 6.29. The van der Waals surface area contributed by atoms with E-state index in [0.717, 1.165) is 24.6 Å². The fourth-order valence-corrected chi connectivity index (χ4v) is 3.23. The van der Waals surface area contributed by atoms with Crippen molar-refractivity contribution in [2.75, 3.05) is 25.0 Å². The molecule has 0 aromatic heterocycles. The first-order chi connectivity index (χ1) is 13.0. The van der Waals surface area contributed by atoms with Crippen LogP contribution in [0.5, 0.6) is 5.75 Å². The second-order valence-electron chi connectivity index (χ2n) is 6.40. The molecular weight excluding hydrogens is 371 g/mol. The molecule has 1 heterocycles. The van der Waals surface area contributed by atoms with Crippen molar-refractivity contribution in [3.8, 4) is 5.75 Å². The SMILES string of the molecule is O=C(Nc1ccccc1)[C@H]1CCCN(C(=O)COc2ccc(F)cc2Cl)C1. The van der Waals surface area contributed by atoms with E-state index < -0.39 is 5.82 Å². The van der Waals surface area contributed by atoms with Crippen molar-refractivity contribution in [3.05, 3.63) is 59.4 Å². The first-order valence-electron chi connectivity index (χ1n) is 8.74. The van der Waals surface area contributed by atoms with E-state index >= 15 is 0 Å². The molecule has 0 saturated carbocycles. The summed E-state index contributed by atoms with van der Waals surface area (Å²) in [4.78, 5) is 26.5. The van der Waals surface area contributed by atoms with Crippen molar-refractivity contribution >= 4 is 29.1 Å². The molecule has 1 N–H and O–H groups in total. The minimum atomic E-state index is -0.470. The van der Waals surface area contributed by atoms with Crippen LogP contribution in [0.2, 0.25) is 5.02 Å². The van der Waals surface area contributed by atoms with E-state index in [1.165, 1.54) is 12.1 Å².